The molecule has 0 saturated heterocycles. The van der Waals surface area contributed by atoms with Crippen molar-refractivity contribution in [2.75, 3.05) is 0 Å². The zero-order valence-corrected chi connectivity index (χ0v) is 9.02. The molecular weight excluding hydrogens is 220 g/mol. The molecule has 0 aliphatic heterocycles. The monoisotopic (exact) mass is 232 g/mol. The molecule has 1 unspecified atom stereocenters. The summed E-state index contributed by atoms with van der Waals surface area (Å²) in [7, 11) is 0. The van der Waals surface area contributed by atoms with Gasteiger partial charge in [0.05, 0.1) is 12.7 Å². The third-order valence-corrected chi connectivity index (χ3v) is 2.31. The molecule has 6 heteroatoms. The van der Waals surface area contributed by atoms with Crippen LogP contribution in [0.1, 0.15) is 0 Å². The van der Waals surface area contributed by atoms with Crippen molar-refractivity contribution in [3.63, 3.8) is 0 Å². The summed E-state index contributed by atoms with van der Waals surface area (Å²) in [6.45, 7) is 0.106. The van der Waals surface area contributed by atoms with Crippen LogP contribution in [0.25, 0.3) is 11.3 Å². The zero-order chi connectivity index (χ0) is 12.3. The minimum absolute atomic E-state index is 0.106. The molecule has 0 bridgehead atoms. The van der Waals surface area contributed by atoms with Crippen molar-refractivity contribution in [2.45, 2.75) is 12.6 Å². The van der Waals surface area contributed by atoms with Crippen LogP contribution in [0.3, 0.4) is 0 Å². The van der Waals surface area contributed by atoms with Crippen molar-refractivity contribution in [1.82, 2.24) is 15.0 Å². The summed E-state index contributed by atoms with van der Waals surface area (Å²) in [5.74, 6) is -1.05. The zero-order valence-electron chi connectivity index (χ0n) is 9.02. The molecule has 0 spiro atoms. The average molecular weight is 232 g/mol. The first-order chi connectivity index (χ1) is 8.16. The van der Waals surface area contributed by atoms with Crippen LogP contribution in [-0.4, -0.2) is 32.1 Å². The fraction of sp³-hybridized carbons (Fsp3) is 0.182. The van der Waals surface area contributed by atoms with Gasteiger partial charge in [-0.1, -0.05) is 35.5 Å². The molecule has 0 aliphatic rings. The highest BCUT2D eigenvalue weighted by Gasteiger charge is 2.13. The fourth-order valence-corrected chi connectivity index (χ4v) is 1.41. The van der Waals surface area contributed by atoms with Crippen LogP contribution >= 0.6 is 0 Å². The molecule has 0 fully saturated rings. The summed E-state index contributed by atoms with van der Waals surface area (Å²) in [6, 6.07) is 8.56. The van der Waals surface area contributed by atoms with Crippen LogP contribution < -0.4 is 5.73 Å². The van der Waals surface area contributed by atoms with Crippen LogP contribution in [-0.2, 0) is 11.3 Å². The second kappa shape index (κ2) is 4.75. The molecule has 3 N–H and O–H groups in total. The van der Waals surface area contributed by atoms with E-state index in [1.807, 2.05) is 30.3 Å². The molecule has 0 radical (unpaired) electrons. The average Bonchev–Trinajstić information content (AvgIpc) is 2.78. The van der Waals surface area contributed by atoms with Gasteiger partial charge in [-0.05, 0) is 0 Å². The molecule has 17 heavy (non-hydrogen) atoms. The van der Waals surface area contributed by atoms with Gasteiger partial charge in [0.1, 0.15) is 11.7 Å². The molecule has 2 rings (SSSR count). The molecule has 0 aliphatic carbocycles. The highest BCUT2D eigenvalue weighted by Crippen LogP contribution is 2.14. The molecule has 1 heterocycles. The van der Waals surface area contributed by atoms with Gasteiger partial charge in [0.15, 0.2) is 0 Å². The lowest BCUT2D eigenvalue weighted by molar-refractivity contribution is -0.138. The number of nitrogens with zero attached hydrogens (tertiary/aromatic N) is 3. The summed E-state index contributed by atoms with van der Waals surface area (Å²) in [5, 5.41) is 16.5. The van der Waals surface area contributed by atoms with Gasteiger partial charge in [-0.15, -0.1) is 5.10 Å². The molecule has 1 atom stereocenters. The van der Waals surface area contributed by atoms with Gasteiger partial charge in [0.2, 0.25) is 0 Å². The lowest BCUT2D eigenvalue weighted by Crippen LogP contribution is -2.34. The van der Waals surface area contributed by atoms with E-state index in [0.29, 0.717) is 5.69 Å². The van der Waals surface area contributed by atoms with Gasteiger partial charge in [0.25, 0.3) is 0 Å². The van der Waals surface area contributed by atoms with E-state index in [1.54, 1.807) is 6.20 Å². The van der Waals surface area contributed by atoms with Gasteiger partial charge >= 0.3 is 5.97 Å². The van der Waals surface area contributed by atoms with Gasteiger partial charge in [0, 0.05) is 5.56 Å². The van der Waals surface area contributed by atoms with E-state index in [9.17, 15) is 4.79 Å². The van der Waals surface area contributed by atoms with E-state index in [0.717, 1.165) is 5.56 Å². The Morgan fingerprint density at radius 1 is 1.41 bits per heavy atom. The topological polar surface area (TPSA) is 94.0 Å². The summed E-state index contributed by atoms with van der Waals surface area (Å²) >= 11 is 0. The maximum absolute atomic E-state index is 10.6. The highest BCUT2D eigenvalue weighted by molar-refractivity contribution is 5.72. The molecular formula is C11H12N4O2. The standard InChI is InChI=1S/C11H12N4O2/c12-9(11(16)17)6-15-7-10(13-14-15)8-4-2-1-3-5-8/h1-5,7,9H,6,12H2,(H,16,17). The molecule has 2 aromatic rings. The largest absolute Gasteiger partial charge is 0.480 e. The second-order valence-corrected chi connectivity index (χ2v) is 3.64. The minimum atomic E-state index is -1.05. The molecule has 0 saturated carbocycles. The second-order valence-electron chi connectivity index (χ2n) is 3.64. The van der Waals surface area contributed by atoms with Crippen LogP contribution in [0, 0.1) is 0 Å². The van der Waals surface area contributed by atoms with E-state index in [1.165, 1.54) is 4.68 Å². The number of carbonyl (C=O) groups is 1. The number of rotatable bonds is 4. The first kappa shape index (κ1) is 11.3. The lowest BCUT2D eigenvalue weighted by Gasteiger charge is -2.04. The molecule has 88 valence electrons. The number of aliphatic carboxylic acids is 1. The third-order valence-electron chi connectivity index (χ3n) is 2.31. The minimum Gasteiger partial charge on any atom is -0.480 e. The predicted molar refractivity (Wildman–Crippen MR) is 61.1 cm³/mol. The number of hydrogen-bond donors (Lipinski definition) is 2. The first-order valence-electron chi connectivity index (χ1n) is 5.11. The van der Waals surface area contributed by atoms with Crippen molar-refractivity contribution in [3.8, 4) is 11.3 Å². The van der Waals surface area contributed by atoms with E-state index in [2.05, 4.69) is 10.3 Å². The highest BCUT2D eigenvalue weighted by atomic mass is 16.4. The third kappa shape index (κ3) is 2.67. The fourth-order valence-electron chi connectivity index (χ4n) is 1.41. The first-order valence-corrected chi connectivity index (χ1v) is 5.11. The maximum Gasteiger partial charge on any atom is 0.322 e. The number of benzene rings is 1. The number of aromatic nitrogens is 3. The number of carboxylic acid groups (broad SMARTS) is 1. The lowest BCUT2D eigenvalue weighted by atomic mass is 10.2. The summed E-state index contributed by atoms with van der Waals surface area (Å²) < 4.78 is 1.43. The molecule has 1 aromatic heterocycles. The van der Waals surface area contributed by atoms with Gasteiger partial charge in [-0.3, -0.25) is 4.79 Å². The normalized spacial score (nSPS) is 12.3. The van der Waals surface area contributed by atoms with Crippen LogP contribution in [0.5, 0.6) is 0 Å². The Morgan fingerprint density at radius 3 is 2.76 bits per heavy atom. The van der Waals surface area contributed by atoms with Crippen molar-refractivity contribution < 1.29 is 9.90 Å². The van der Waals surface area contributed by atoms with E-state index in [4.69, 9.17) is 10.8 Å². The Bertz CT molecular complexity index is 509. The Balaban J connectivity index is 2.14. The van der Waals surface area contributed by atoms with Crippen LogP contribution in [0.15, 0.2) is 36.5 Å². The smallest absolute Gasteiger partial charge is 0.322 e. The predicted octanol–water partition coefficient (Wildman–Crippen LogP) is 0.357. The number of hydrogen-bond acceptors (Lipinski definition) is 4. The van der Waals surface area contributed by atoms with Gasteiger partial charge < -0.3 is 10.8 Å². The SMILES string of the molecule is NC(Cn1cc(-c2ccccc2)nn1)C(=O)O. The van der Waals surface area contributed by atoms with Crippen molar-refractivity contribution in [1.29, 1.82) is 0 Å². The Morgan fingerprint density at radius 2 is 2.12 bits per heavy atom. The van der Waals surface area contributed by atoms with Gasteiger partial charge in [-0.25, -0.2) is 4.68 Å². The maximum atomic E-state index is 10.6. The summed E-state index contributed by atoms with van der Waals surface area (Å²) in [5.41, 5.74) is 7.04. The summed E-state index contributed by atoms with van der Waals surface area (Å²) in [4.78, 5) is 10.6. The molecule has 1 aromatic carbocycles. The molecule has 0 amide bonds. The Kier molecular flexibility index (Phi) is 3.15. The van der Waals surface area contributed by atoms with Gasteiger partial charge in [-0.2, -0.15) is 0 Å². The molecule has 6 nitrogen and oxygen atoms in total. The van der Waals surface area contributed by atoms with Crippen molar-refractivity contribution in [2.24, 2.45) is 5.73 Å². The number of carboxylic acids is 1. The van der Waals surface area contributed by atoms with E-state index in [-0.39, 0.29) is 6.54 Å². The van der Waals surface area contributed by atoms with Crippen molar-refractivity contribution in [3.05, 3.63) is 36.5 Å². The Hall–Kier alpha value is -2.21. The summed E-state index contributed by atoms with van der Waals surface area (Å²) in [6.07, 6.45) is 1.68. The van der Waals surface area contributed by atoms with Crippen LogP contribution in [0.4, 0.5) is 0 Å². The van der Waals surface area contributed by atoms with Crippen LogP contribution in [0.2, 0.25) is 0 Å². The van der Waals surface area contributed by atoms with E-state index >= 15 is 0 Å². The number of nitrogens with two attached hydrogens (primary N) is 1. The quantitative estimate of drug-likeness (QED) is 0.793. The van der Waals surface area contributed by atoms with Crippen molar-refractivity contribution >= 4 is 5.97 Å². The Labute approximate surface area is 97.7 Å². The van der Waals surface area contributed by atoms with E-state index < -0.39 is 12.0 Å².